The van der Waals surface area contributed by atoms with Gasteiger partial charge < -0.3 is 14.4 Å². The molecular formula is C19H28N6O. The number of hydrogen-bond donors (Lipinski definition) is 0. The summed E-state index contributed by atoms with van der Waals surface area (Å²) in [6, 6.07) is 0. The monoisotopic (exact) mass is 356 g/mol. The number of likely N-dealkylation sites (tertiary alicyclic amines) is 1. The Balaban J connectivity index is 1.66. The molecule has 1 aliphatic heterocycles. The minimum absolute atomic E-state index is 0.0143. The van der Waals surface area contributed by atoms with Gasteiger partial charge in [-0.15, -0.1) is 0 Å². The van der Waals surface area contributed by atoms with E-state index in [0.29, 0.717) is 17.9 Å². The van der Waals surface area contributed by atoms with Gasteiger partial charge >= 0.3 is 0 Å². The van der Waals surface area contributed by atoms with Crippen molar-refractivity contribution >= 4 is 5.91 Å². The van der Waals surface area contributed by atoms with Crippen molar-refractivity contribution in [1.29, 1.82) is 0 Å². The molecule has 2 aromatic heterocycles. The lowest BCUT2D eigenvalue weighted by atomic mass is 9.96. The van der Waals surface area contributed by atoms with Gasteiger partial charge in [-0.2, -0.15) is 0 Å². The number of carbonyl (C=O) groups is 1. The number of amides is 1. The molecule has 1 aliphatic rings. The normalized spacial score (nSPS) is 17.7. The third-order valence-electron chi connectivity index (χ3n) is 4.85. The van der Waals surface area contributed by atoms with E-state index in [0.717, 1.165) is 44.7 Å². The summed E-state index contributed by atoms with van der Waals surface area (Å²) in [6.45, 7) is 5.33. The van der Waals surface area contributed by atoms with E-state index in [-0.39, 0.29) is 11.8 Å². The number of carbonyl (C=O) groups excluding carboxylic acids is 1. The van der Waals surface area contributed by atoms with E-state index in [9.17, 15) is 4.79 Å². The number of nitrogens with zero attached hydrogens (tertiary/aromatic N) is 6. The van der Waals surface area contributed by atoms with Gasteiger partial charge in [0.05, 0.1) is 5.56 Å². The molecule has 1 saturated heterocycles. The number of imidazole rings is 1. The van der Waals surface area contributed by atoms with Crippen LogP contribution >= 0.6 is 0 Å². The molecule has 1 amide bonds. The standard InChI is InChI=1S/C19H28N6O/c1-15-21-12-17(13-22-15)19(26)25-9-4-6-16(14-25)18-20-7-11-24(18)10-5-8-23(2)3/h7,11-13,16H,4-6,8-10,14H2,1-3H3/t16-/m0/s1. The predicted octanol–water partition coefficient (Wildman–Crippen LogP) is 1.95. The Morgan fingerprint density at radius 2 is 2.04 bits per heavy atom. The van der Waals surface area contributed by atoms with E-state index in [4.69, 9.17) is 0 Å². The summed E-state index contributed by atoms with van der Waals surface area (Å²) in [5.41, 5.74) is 0.561. The maximum atomic E-state index is 12.8. The first-order chi connectivity index (χ1) is 12.5. The van der Waals surface area contributed by atoms with E-state index >= 15 is 0 Å². The van der Waals surface area contributed by atoms with Gasteiger partial charge in [0.25, 0.3) is 5.91 Å². The molecule has 0 spiro atoms. The van der Waals surface area contributed by atoms with E-state index in [1.54, 1.807) is 12.4 Å². The second kappa shape index (κ2) is 8.40. The summed E-state index contributed by atoms with van der Waals surface area (Å²) >= 11 is 0. The maximum absolute atomic E-state index is 12.8. The number of aromatic nitrogens is 4. The van der Waals surface area contributed by atoms with Gasteiger partial charge in [0, 0.05) is 50.3 Å². The van der Waals surface area contributed by atoms with Gasteiger partial charge in [0.1, 0.15) is 11.6 Å². The third-order valence-corrected chi connectivity index (χ3v) is 4.85. The van der Waals surface area contributed by atoms with Crippen molar-refractivity contribution in [2.45, 2.75) is 38.6 Å². The average Bonchev–Trinajstić information content (AvgIpc) is 3.10. The van der Waals surface area contributed by atoms with Crippen LogP contribution in [0.1, 0.15) is 47.2 Å². The molecular weight excluding hydrogens is 328 g/mol. The molecule has 7 heteroatoms. The summed E-state index contributed by atoms with van der Waals surface area (Å²) in [7, 11) is 4.18. The molecule has 26 heavy (non-hydrogen) atoms. The van der Waals surface area contributed by atoms with Gasteiger partial charge in [0.15, 0.2) is 0 Å². The number of hydrogen-bond acceptors (Lipinski definition) is 5. The summed E-state index contributed by atoms with van der Waals surface area (Å²) in [5.74, 6) is 2.08. The Hall–Kier alpha value is -2.28. The molecule has 3 rings (SSSR count). The molecule has 0 unspecified atom stereocenters. The second-order valence-corrected chi connectivity index (χ2v) is 7.24. The summed E-state index contributed by atoms with van der Waals surface area (Å²) in [4.78, 5) is 29.8. The molecule has 2 aromatic rings. The molecule has 0 aromatic carbocycles. The lowest BCUT2D eigenvalue weighted by Gasteiger charge is -2.32. The Morgan fingerprint density at radius 1 is 1.27 bits per heavy atom. The van der Waals surface area contributed by atoms with Crippen molar-refractivity contribution in [3.8, 4) is 0 Å². The molecule has 1 atom stereocenters. The lowest BCUT2D eigenvalue weighted by molar-refractivity contribution is 0.0702. The second-order valence-electron chi connectivity index (χ2n) is 7.24. The Labute approximate surface area is 155 Å². The zero-order valence-electron chi connectivity index (χ0n) is 15.9. The minimum Gasteiger partial charge on any atom is -0.338 e. The first-order valence-electron chi connectivity index (χ1n) is 9.28. The van der Waals surface area contributed by atoms with Gasteiger partial charge in [-0.1, -0.05) is 0 Å². The summed E-state index contributed by atoms with van der Waals surface area (Å²) < 4.78 is 2.25. The van der Waals surface area contributed by atoms with E-state index < -0.39 is 0 Å². The van der Waals surface area contributed by atoms with Crippen LogP contribution in [0.5, 0.6) is 0 Å². The molecule has 3 heterocycles. The molecule has 0 N–H and O–H groups in total. The highest BCUT2D eigenvalue weighted by molar-refractivity contribution is 5.93. The van der Waals surface area contributed by atoms with Crippen LogP contribution < -0.4 is 0 Å². The topological polar surface area (TPSA) is 67.2 Å². The molecule has 0 radical (unpaired) electrons. The zero-order chi connectivity index (χ0) is 18.5. The van der Waals surface area contributed by atoms with Crippen LogP contribution in [0.15, 0.2) is 24.8 Å². The van der Waals surface area contributed by atoms with Crippen LogP contribution in [0.25, 0.3) is 0 Å². The van der Waals surface area contributed by atoms with Crippen LogP contribution in [-0.4, -0.2) is 69.0 Å². The van der Waals surface area contributed by atoms with Crippen LogP contribution in [0.4, 0.5) is 0 Å². The van der Waals surface area contributed by atoms with Gasteiger partial charge in [-0.3, -0.25) is 4.79 Å². The van der Waals surface area contributed by atoms with Gasteiger partial charge in [0.2, 0.25) is 0 Å². The quantitative estimate of drug-likeness (QED) is 0.791. The predicted molar refractivity (Wildman–Crippen MR) is 100 cm³/mol. The smallest absolute Gasteiger partial charge is 0.257 e. The first-order valence-corrected chi connectivity index (χ1v) is 9.28. The average molecular weight is 356 g/mol. The van der Waals surface area contributed by atoms with E-state index in [1.807, 2.05) is 18.0 Å². The Kier molecular flexibility index (Phi) is 5.98. The summed E-state index contributed by atoms with van der Waals surface area (Å²) in [5, 5.41) is 0. The summed E-state index contributed by atoms with van der Waals surface area (Å²) in [6.07, 6.45) is 10.3. The number of aryl methyl sites for hydroxylation is 2. The largest absolute Gasteiger partial charge is 0.338 e. The van der Waals surface area contributed by atoms with Crippen molar-refractivity contribution in [2.75, 3.05) is 33.7 Å². The van der Waals surface area contributed by atoms with Crippen molar-refractivity contribution < 1.29 is 4.79 Å². The number of piperidine rings is 1. The van der Waals surface area contributed by atoms with Crippen molar-refractivity contribution in [1.82, 2.24) is 29.3 Å². The molecule has 0 saturated carbocycles. The highest BCUT2D eigenvalue weighted by atomic mass is 16.2. The van der Waals surface area contributed by atoms with Crippen LogP contribution in [0, 0.1) is 6.92 Å². The van der Waals surface area contributed by atoms with E-state index in [2.05, 4.69) is 44.7 Å². The molecule has 7 nitrogen and oxygen atoms in total. The lowest BCUT2D eigenvalue weighted by Crippen LogP contribution is -2.40. The van der Waals surface area contributed by atoms with Gasteiger partial charge in [-0.25, -0.2) is 15.0 Å². The van der Waals surface area contributed by atoms with Crippen molar-refractivity contribution in [3.63, 3.8) is 0 Å². The van der Waals surface area contributed by atoms with Crippen molar-refractivity contribution in [3.05, 3.63) is 42.0 Å². The fourth-order valence-corrected chi connectivity index (χ4v) is 3.48. The van der Waals surface area contributed by atoms with Crippen LogP contribution in [-0.2, 0) is 6.54 Å². The number of rotatable bonds is 6. The molecule has 1 fully saturated rings. The Morgan fingerprint density at radius 3 is 2.77 bits per heavy atom. The first kappa shape index (κ1) is 18.5. The van der Waals surface area contributed by atoms with Crippen LogP contribution in [0.3, 0.4) is 0 Å². The zero-order valence-corrected chi connectivity index (χ0v) is 15.9. The van der Waals surface area contributed by atoms with Gasteiger partial charge in [-0.05, 0) is 46.8 Å². The van der Waals surface area contributed by atoms with Crippen LogP contribution in [0.2, 0.25) is 0 Å². The maximum Gasteiger partial charge on any atom is 0.257 e. The fraction of sp³-hybridized carbons (Fsp3) is 0.579. The van der Waals surface area contributed by atoms with E-state index in [1.165, 1.54) is 0 Å². The third kappa shape index (κ3) is 4.46. The molecule has 0 bridgehead atoms. The molecule has 140 valence electrons. The highest BCUT2D eigenvalue weighted by Gasteiger charge is 2.28. The highest BCUT2D eigenvalue weighted by Crippen LogP contribution is 2.27. The van der Waals surface area contributed by atoms with Crippen molar-refractivity contribution in [2.24, 2.45) is 0 Å². The fourth-order valence-electron chi connectivity index (χ4n) is 3.48. The SMILES string of the molecule is Cc1ncc(C(=O)N2CCC[C@H](c3nccn3CCCN(C)C)C2)cn1. The molecule has 0 aliphatic carbocycles. The Bertz CT molecular complexity index is 724. The minimum atomic E-state index is 0.0143.